The van der Waals surface area contributed by atoms with E-state index in [1.165, 1.54) is 39.6 Å². The molecule has 0 fully saturated rings. The van der Waals surface area contributed by atoms with Crippen molar-refractivity contribution in [3.8, 4) is 34.3 Å². The number of nitrogens with one attached hydrogen (secondary N) is 1. The number of carbonyl (C=O) groups is 1. The predicted octanol–water partition coefficient (Wildman–Crippen LogP) is 4.05. The quantitative estimate of drug-likeness (QED) is 0.187. The number of rotatable bonds is 11. The van der Waals surface area contributed by atoms with E-state index in [-0.39, 0.29) is 46.6 Å². The molecule has 0 aliphatic rings. The second-order valence-corrected chi connectivity index (χ2v) is 9.63. The zero-order valence-electron chi connectivity index (χ0n) is 23.7. The molecule has 4 aromatic rings. The Kier molecular flexibility index (Phi) is 9.67. The highest BCUT2D eigenvalue weighted by atomic mass is 32.2. The summed E-state index contributed by atoms with van der Waals surface area (Å²) in [6, 6.07) is 7.09. The number of aryl methyl sites for hydroxylation is 1. The minimum absolute atomic E-state index is 0.00961. The molecule has 0 radical (unpaired) electrons. The van der Waals surface area contributed by atoms with Gasteiger partial charge in [-0.25, -0.2) is 19.4 Å². The number of ether oxygens (including phenoxy) is 4. The summed E-state index contributed by atoms with van der Waals surface area (Å²) in [6.45, 7) is 2.60. The minimum atomic E-state index is -4.73. The third-order valence-corrected chi connectivity index (χ3v) is 6.24. The summed E-state index contributed by atoms with van der Waals surface area (Å²) in [5.74, 6) is -0.229. The number of halogens is 3. The fourth-order valence-electron chi connectivity index (χ4n) is 3.87. The number of hydrogen-bond donors (Lipinski definition) is 1. The van der Waals surface area contributed by atoms with Crippen LogP contribution in [0.1, 0.15) is 28.7 Å². The lowest BCUT2D eigenvalue weighted by atomic mass is 10.1. The number of nitrogens with zero attached hydrogens (tertiary/aromatic N) is 5. The van der Waals surface area contributed by atoms with Gasteiger partial charge in [-0.05, 0) is 26.0 Å². The molecule has 0 aliphatic carbocycles. The maximum atomic E-state index is 13.6. The van der Waals surface area contributed by atoms with Gasteiger partial charge in [0.2, 0.25) is 22.1 Å². The smallest absolute Gasteiger partial charge is 0.435 e. The van der Waals surface area contributed by atoms with Crippen molar-refractivity contribution in [2.75, 3.05) is 32.8 Å². The highest BCUT2D eigenvalue weighted by Crippen LogP contribution is 2.34. The number of methoxy groups -OCH3 is 2. The molecule has 0 unspecified atom stereocenters. The molecule has 0 aliphatic heterocycles. The predicted molar refractivity (Wildman–Crippen MR) is 151 cm³/mol. The first-order valence-corrected chi connectivity index (χ1v) is 13.8. The largest absolute Gasteiger partial charge is 0.497 e. The van der Waals surface area contributed by atoms with Crippen LogP contribution in [0.2, 0.25) is 0 Å². The van der Waals surface area contributed by atoms with Crippen molar-refractivity contribution in [3.63, 3.8) is 0 Å². The molecule has 0 bridgehead atoms. The maximum absolute atomic E-state index is 13.6. The van der Waals surface area contributed by atoms with Crippen LogP contribution in [0.5, 0.6) is 17.4 Å². The number of carbonyl (C=O) groups excluding carboxylic acids is 1. The van der Waals surface area contributed by atoms with Crippen LogP contribution in [0, 0.1) is 6.92 Å². The van der Waals surface area contributed by atoms with Crippen LogP contribution in [0.15, 0.2) is 42.7 Å². The van der Waals surface area contributed by atoms with Crippen LogP contribution in [0.4, 0.5) is 24.8 Å². The van der Waals surface area contributed by atoms with Gasteiger partial charge in [-0.1, -0.05) is 0 Å². The molecule has 0 saturated heterocycles. The Morgan fingerprint density at radius 3 is 2.34 bits per heavy atom. The Morgan fingerprint density at radius 2 is 1.75 bits per heavy atom. The number of esters is 1. The summed E-state index contributed by atoms with van der Waals surface area (Å²) < 4.78 is 84.4. The Balaban J connectivity index is 1.87. The molecule has 0 amide bonds. The minimum Gasteiger partial charge on any atom is -0.497 e. The van der Waals surface area contributed by atoms with E-state index < -0.39 is 34.7 Å². The summed E-state index contributed by atoms with van der Waals surface area (Å²) in [5, 5.41) is 7.53. The molecule has 3 heterocycles. The summed E-state index contributed by atoms with van der Waals surface area (Å²) in [6.07, 6.45) is -2.15. The molecule has 232 valence electrons. The average Bonchev–Trinajstić information content (AvgIpc) is 3.39. The topological polar surface area (TPSA) is 157 Å². The van der Waals surface area contributed by atoms with Crippen LogP contribution >= 0.6 is 0 Å². The van der Waals surface area contributed by atoms with Crippen molar-refractivity contribution in [2.24, 2.45) is 0 Å². The lowest BCUT2D eigenvalue weighted by molar-refractivity contribution is -0.141. The number of aromatic nitrogens is 5. The van der Waals surface area contributed by atoms with Gasteiger partial charge in [-0.3, -0.25) is 0 Å². The van der Waals surface area contributed by atoms with E-state index in [0.29, 0.717) is 17.2 Å². The molecular formula is C27H25F3N6O7S. The van der Waals surface area contributed by atoms with Crippen molar-refractivity contribution in [2.45, 2.75) is 20.0 Å². The average molecular weight is 635 g/mol. The van der Waals surface area contributed by atoms with Gasteiger partial charge in [-0.15, -0.1) is 0 Å². The van der Waals surface area contributed by atoms with Crippen LogP contribution < -0.4 is 19.5 Å². The van der Waals surface area contributed by atoms with Gasteiger partial charge in [0.25, 0.3) is 0 Å². The lowest BCUT2D eigenvalue weighted by Crippen LogP contribution is -2.12. The van der Waals surface area contributed by atoms with Gasteiger partial charge in [-0.2, -0.15) is 31.7 Å². The third kappa shape index (κ3) is 7.41. The van der Waals surface area contributed by atoms with Crippen molar-refractivity contribution in [1.82, 2.24) is 24.7 Å². The lowest BCUT2D eigenvalue weighted by Gasteiger charge is -2.15. The first-order chi connectivity index (χ1) is 20.9. The van der Waals surface area contributed by atoms with Crippen LogP contribution in [0.25, 0.3) is 16.9 Å². The number of benzene rings is 1. The zero-order chi connectivity index (χ0) is 32.0. The van der Waals surface area contributed by atoms with Gasteiger partial charge in [0.15, 0.2) is 11.5 Å². The van der Waals surface area contributed by atoms with E-state index in [0.717, 1.165) is 16.1 Å². The van der Waals surface area contributed by atoms with Crippen molar-refractivity contribution in [3.05, 3.63) is 59.7 Å². The van der Waals surface area contributed by atoms with Gasteiger partial charge >= 0.3 is 12.1 Å². The van der Waals surface area contributed by atoms with Gasteiger partial charge in [0, 0.05) is 53.1 Å². The number of alkyl halides is 3. The Labute approximate surface area is 250 Å². The van der Waals surface area contributed by atoms with E-state index in [1.54, 1.807) is 25.1 Å². The van der Waals surface area contributed by atoms with Gasteiger partial charge in [0.1, 0.15) is 23.7 Å². The van der Waals surface area contributed by atoms with E-state index in [2.05, 4.69) is 25.4 Å². The van der Waals surface area contributed by atoms with Crippen molar-refractivity contribution in [1.29, 1.82) is 0 Å². The van der Waals surface area contributed by atoms with E-state index >= 15 is 0 Å². The fourth-order valence-corrected chi connectivity index (χ4v) is 4.05. The first kappa shape index (κ1) is 31.7. The molecule has 1 aromatic carbocycles. The molecular weight excluding hydrogens is 609 g/mol. The summed E-state index contributed by atoms with van der Waals surface area (Å²) in [7, 11) is 0.425. The Hall–Kier alpha value is -5.19. The third-order valence-electron chi connectivity index (χ3n) is 5.84. The van der Waals surface area contributed by atoms with Crippen molar-refractivity contribution < 1.29 is 45.3 Å². The first-order valence-electron chi connectivity index (χ1n) is 12.7. The maximum Gasteiger partial charge on any atom is 0.435 e. The standard InChI is InChI=1S/C27H25F3N6O7S/c1-5-42-25(37)20-9-16(13-31-24(20)43-6-7-44(38)39)21-14-32-26(33-17-10-18(40-3)12-19(11-17)41-4)34-23(21)36-15(2)8-22(35-36)27(28,29)30/h7-14H,5-6H2,1-4H3,(H,32,33,34). The van der Waals surface area contributed by atoms with Gasteiger partial charge < -0.3 is 24.3 Å². The Morgan fingerprint density at radius 1 is 1.05 bits per heavy atom. The van der Waals surface area contributed by atoms with Gasteiger partial charge in [0.05, 0.1) is 26.2 Å². The normalized spacial score (nSPS) is 11.1. The molecule has 1 N–H and O–H groups in total. The summed E-state index contributed by atoms with van der Waals surface area (Å²) in [4.78, 5) is 25.7. The highest BCUT2D eigenvalue weighted by Gasteiger charge is 2.35. The summed E-state index contributed by atoms with van der Waals surface area (Å²) >= 11 is 0. The van der Waals surface area contributed by atoms with Crippen LogP contribution in [-0.4, -0.2) is 71.9 Å². The molecule has 44 heavy (non-hydrogen) atoms. The fraction of sp³-hybridized carbons (Fsp3) is 0.259. The molecule has 0 spiro atoms. The molecule has 0 atom stereocenters. The summed E-state index contributed by atoms with van der Waals surface area (Å²) in [5.41, 5.74) is -0.408. The molecule has 13 nitrogen and oxygen atoms in total. The van der Waals surface area contributed by atoms with E-state index in [1.807, 2.05) is 0 Å². The SMILES string of the molecule is CCOC(=O)c1cc(-c2cnc(Nc3cc(OC)cc(OC)c3)nc2-n2nc(C(F)(F)F)cc2C)cnc1OCC=S(=O)=O. The highest BCUT2D eigenvalue weighted by molar-refractivity contribution is 7.71. The second-order valence-electron chi connectivity index (χ2n) is 8.77. The van der Waals surface area contributed by atoms with Crippen molar-refractivity contribution >= 4 is 33.3 Å². The Bertz CT molecular complexity index is 1800. The number of pyridine rings is 1. The number of anilines is 2. The van der Waals surface area contributed by atoms with Crippen LogP contribution in [-0.2, 0) is 21.2 Å². The van der Waals surface area contributed by atoms with Crippen LogP contribution in [0.3, 0.4) is 0 Å². The zero-order valence-corrected chi connectivity index (χ0v) is 24.5. The number of hydrogen-bond acceptors (Lipinski definition) is 12. The van der Waals surface area contributed by atoms with E-state index in [4.69, 9.17) is 18.9 Å². The molecule has 17 heteroatoms. The molecule has 0 saturated carbocycles. The second kappa shape index (κ2) is 13.4. The van der Waals surface area contributed by atoms with E-state index in [9.17, 15) is 26.4 Å². The molecule has 4 rings (SSSR count). The molecule has 3 aromatic heterocycles. The monoisotopic (exact) mass is 634 g/mol.